The average molecular weight is 282 g/mol. The minimum Gasteiger partial charge on any atom is -0.256 e. The summed E-state index contributed by atoms with van der Waals surface area (Å²) >= 11 is 7.04. The van der Waals surface area contributed by atoms with E-state index in [2.05, 4.69) is 4.99 Å². The van der Waals surface area contributed by atoms with Crippen LogP contribution in [-0.2, 0) is 13.1 Å². The summed E-state index contributed by atoms with van der Waals surface area (Å²) in [7, 11) is 0. The van der Waals surface area contributed by atoms with E-state index in [-0.39, 0.29) is 4.87 Å². The molecule has 0 unspecified atom stereocenters. The number of rotatable bonds is 1. The maximum absolute atomic E-state index is 11.8. The summed E-state index contributed by atoms with van der Waals surface area (Å²) in [6, 6.07) is 7.31. The Balaban J connectivity index is 2.12. The van der Waals surface area contributed by atoms with E-state index >= 15 is 0 Å². The minimum atomic E-state index is 0.0717. The lowest BCUT2D eigenvalue weighted by atomic mass is 10.3. The third-order valence-corrected chi connectivity index (χ3v) is 4.06. The number of halogens is 1. The van der Waals surface area contributed by atoms with E-state index in [1.165, 1.54) is 11.3 Å². The van der Waals surface area contributed by atoms with Crippen LogP contribution >= 0.6 is 22.9 Å². The van der Waals surface area contributed by atoms with Crippen molar-refractivity contribution in [1.29, 1.82) is 0 Å². The van der Waals surface area contributed by atoms with Gasteiger partial charge in [0.15, 0.2) is 0 Å². The van der Waals surface area contributed by atoms with E-state index < -0.39 is 0 Å². The molecule has 0 radical (unpaired) electrons. The Morgan fingerprint density at radius 1 is 1.11 bits per heavy atom. The molecule has 1 aromatic heterocycles. The van der Waals surface area contributed by atoms with Crippen molar-refractivity contribution < 1.29 is 0 Å². The van der Waals surface area contributed by atoms with Gasteiger partial charge >= 0.3 is 4.87 Å². The molecule has 0 bridgehead atoms. The quantitative estimate of drug-likeness (QED) is 0.791. The fourth-order valence-electron chi connectivity index (χ4n) is 2.04. The Kier molecular flexibility index (Phi) is 3.09. The Morgan fingerprint density at radius 2 is 1.78 bits per heavy atom. The van der Waals surface area contributed by atoms with Gasteiger partial charge < -0.3 is 0 Å². The van der Waals surface area contributed by atoms with Crippen LogP contribution < -0.4 is 9.67 Å². The molecule has 0 spiro atoms. The van der Waals surface area contributed by atoms with Crippen LogP contribution in [0, 0.1) is 0 Å². The molecule has 0 N–H and O–H groups in total. The molecule has 1 aromatic carbocycles. The second kappa shape index (κ2) is 4.74. The molecule has 0 saturated heterocycles. The minimum absolute atomic E-state index is 0.0717. The van der Waals surface area contributed by atoms with Gasteiger partial charge in [-0.3, -0.25) is 9.48 Å². The van der Waals surface area contributed by atoms with Crippen LogP contribution in [0.1, 0.15) is 12.8 Å². The van der Waals surface area contributed by atoms with Gasteiger partial charge in [-0.25, -0.2) is 9.67 Å². The molecule has 6 heteroatoms. The van der Waals surface area contributed by atoms with Crippen molar-refractivity contribution in [2.45, 2.75) is 25.9 Å². The first-order chi connectivity index (χ1) is 8.74. The Morgan fingerprint density at radius 3 is 2.50 bits per heavy atom. The van der Waals surface area contributed by atoms with E-state index in [1.807, 2.05) is 16.8 Å². The SMILES string of the molecule is O=c1s/c(=N\c2ccc(Cl)cc2)n2n1CCCC2. The third kappa shape index (κ3) is 2.15. The molecule has 3 rings (SSSR count). The molecule has 0 aliphatic carbocycles. The number of hydrogen-bond donors (Lipinski definition) is 0. The van der Waals surface area contributed by atoms with Gasteiger partial charge in [0.25, 0.3) is 0 Å². The zero-order chi connectivity index (χ0) is 12.5. The summed E-state index contributed by atoms with van der Waals surface area (Å²) in [6.45, 7) is 1.66. The summed E-state index contributed by atoms with van der Waals surface area (Å²) in [5.41, 5.74) is 0.821. The number of nitrogens with zero attached hydrogens (tertiary/aromatic N) is 3. The lowest BCUT2D eigenvalue weighted by Crippen LogP contribution is -2.31. The van der Waals surface area contributed by atoms with E-state index in [1.54, 1.807) is 16.8 Å². The first-order valence-corrected chi connectivity index (χ1v) is 7.04. The van der Waals surface area contributed by atoms with Crippen molar-refractivity contribution >= 4 is 28.6 Å². The number of aromatic nitrogens is 2. The molecule has 4 nitrogen and oxygen atoms in total. The summed E-state index contributed by atoms with van der Waals surface area (Å²) in [4.78, 5) is 17.2. The second-order valence-electron chi connectivity index (χ2n) is 4.19. The molecule has 0 amide bonds. The normalized spacial score (nSPS) is 15.7. The van der Waals surface area contributed by atoms with E-state index in [4.69, 9.17) is 11.6 Å². The van der Waals surface area contributed by atoms with Gasteiger partial charge in [0, 0.05) is 18.1 Å². The van der Waals surface area contributed by atoms with Crippen molar-refractivity contribution in [3.8, 4) is 0 Å². The van der Waals surface area contributed by atoms with E-state index in [0.717, 1.165) is 36.4 Å². The highest BCUT2D eigenvalue weighted by Gasteiger charge is 2.12. The molecule has 18 heavy (non-hydrogen) atoms. The third-order valence-electron chi connectivity index (χ3n) is 2.94. The Labute approximate surface area is 113 Å². The zero-order valence-corrected chi connectivity index (χ0v) is 11.2. The highest BCUT2D eigenvalue weighted by Crippen LogP contribution is 2.15. The molecule has 94 valence electrons. The van der Waals surface area contributed by atoms with Crippen LogP contribution in [0.15, 0.2) is 34.1 Å². The molecule has 2 heterocycles. The fourth-order valence-corrected chi connectivity index (χ4v) is 3.07. The lowest BCUT2D eigenvalue weighted by molar-refractivity contribution is 0.345. The predicted molar refractivity (Wildman–Crippen MR) is 72.5 cm³/mol. The largest absolute Gasteiger partial charge is 0.325 e. The van der Waals surface area contributed by atoms with Gasteiger partial charge in [-0.15, -0.1) is 0 Å². The number of hydrogen-bond acceptors (Lipinski definition) is 3. The second-order valence-corrected chi connectivity index (χ2v) is 5.55. The van der Waals surface area contributed by atoms with Crippen LogP contribution in [0.25, 0.3) is 0 Å². The van der Waals surface area contributed by atoms with Gasteiger partial charge in [-0.1, -0.05) is 11.6 Å². The standard InChI is InChI=1S/C12H12ClN3OS/c13-9-3-5-10(6-4-9)14-11-15-7-1-2-8-16(15)12(17)18-11/h3-6H,1-2,7-8H2/b14-11-. The summed E-state index contributed by atoms with van der Waals surface area (Å²) in [6.07, 6.45) is 2.17. The molecule has 0 saturated carbocycles. The first kappa shape index (κ1) is 11.7. The monoisotopic (exact) mass is 281 g/mol. The van der Waals surface area contributed by atoms with Gasteiger partial charge in [0.1, 0.15) is 0 Å². The van der Waals surface area contributed by atoms with Crippen molar-refractivity contribution in [1.82, 2.24) is 9.36 Å². The highest BCUT2D eigenvalue weighted by molar-refractivity contribution is 7.06. The molecular formula is C12H12ClN3OS. The van der Waals surface area contributed by atoms with Crippen molar-refractivity contribution in [2.24, 2.45) is 4.99 Å². The summed E-state index contributed by atoms with van der Waals surface area (Å²) in [5, 5.41) is 0.689. The maximum Gasteiger partial charge on any atom is 0.325 e. The fraction of sp³-hybridized carbons (Fsp3) is 0.333. The highest BCUT2D eigenvalue weighted by atomic mass is 35.5. The molecule has 1 aliphatic rings. The first-order valence-electron chi connectivity index (χ1n) is 5.85. The Hall–Kier alpha value is -1.33. The van der Waals surface area contributed by atoms with Gasteiger partial charge in [-0.2, -0.15) is 0 Å². The van der Waals surface area contributed by atoms with Crippen LogP contribution in [0.5, 0.6) is 0 Å². The number of fused-ring (bicyclic) bond motifs is 1. The van der Waals surface area contributed by atoms with Crippen LogP contribution in [0.2, 0.25) is 5.02 Å². The summed E-state index contributed by atoms with van der Waals surface area (Å²) in [5.74, 6) is 0. The zero-order valence-electron chi connectivity index (χ0n) is 9.67. The number of benzene rings is 1. The molecule has 1 aliphatic heterocycles. The van der Waals surface area contributed by atoms with Crippen molar-refractivity contribution in [3.05, 3.63) is 43.8 Å². The molecular weight excluding hydrogens is 270 g/mol. The van der Waals surface area contributed by atoms with Crippen LogP contribution in [0.4, 0.5) is 5.69 Å². The van der Waals surface area contributed by atoms with Gasteiger partial charge in [0.2, 0.25) is 4.80 Å². The van der Waals surface area contributed by atoms with Gasteiger partial charge in [0.05, 0.1) is 5.69 Å². The topological polar surface area (TPSA) is 39.3 Å². The average Bonchev–Trinajstić information content (AvgIpc) is 2.70. The Bertz CT molecular complexity index is 681. The smallest absolute Gasteiger partial charge is 0.256 e. The van der Waals surface area contributed by atoms with Crippen molar-refractivity contribution in [3.63, 3.8) is 0 Å². The lowest BCUT2D eigenvalue weighted by Gasteiger charge is -2.15. The summed E-state index contributed by atoms with van der Waals surface area (Å²) < 4.78 is 3.76. The van der Waals surface area contributed by atoms with Crippen LogP contribution in [0.3, 0.4) is 0 Å². The van der Waals surface area contributed by atoms with Gasteiger partial charge in [-0.05, 0) is 48.4 Å². The van der Waals surface area contributed by atoms with Crippen molar-refractivity contribution in [2.75, 3.05) is 0 Å². The van der Waals surface area contributed by atoms with E-state index in [0.29, 0.717) is 5.02 Å². The molecule has 0 atom stereocenters. The molecule has 0 fully saturated rings. The maximum atomic E-state index is 11.8. The predicted octanol–water partition coefficient (Wildman–Crippen LogP) is 2.39. The molecule has 2 aromatic rings. The van der Waals surface area contributed by atoms with E-state index in [9.17, 15) is 4.79 Å². The van der Waals surface area contributed by atoms with Crippen LogP contribution in [-0.4, -0.2) is 9.36 Å².